The van der Waals surface area contributed by atoms with Gasteiger partial charge < -0.3 is 40.6 Å². The van der Waals surface area contributed by atoms with Crippen LogP contribution in [0.1, 0.15) is 20.3 Å². The van der Waals surface area contributed by atoms with E-state index in [4.69, 9.17) is 4.74 Å². The fourth-order valence-corrected chi connectivity index (χ4v) is 2.28. The van der Waals surface area contributed by atoms with E-state index in [1.165, 1.54) is 6.92 Å². The van der Waals surface area contributed by atoms with E-state index in [1.807, 2.05) is 6.92 Å². The molecule has 0 aromatic heterocycles. The summed E-state index contributed by atoms with van der Waals surface area (Å²) in [5, 5.41) is 46.4. The first kappa shape index (κ1) is 23.3. The number of hydrogen-bond acceptors (Lipinski definition) is 8. The number of aliphatic carboxylic acids is 1. The summed E-state index contributed by atoms with van der Waals surface area (Å²) in [4.78, 5) is 22.2. The molecule has 0 unspecified atom stereocenters. The third-order valence-corrected chi connectivity index (χ3v) is 3.39. The molecule has 10 heteroatoms. The summed E-state index contributed by atoms with van der Waals surface area (Å²) in [6, 6.07) is -1.11. The summed E-state index contributed by atoms with van der Waals surface area (Å²) in [7, 11) is 0. The molecule has 5 atom stereocenters. The second-order valence-electron chi connectivity index (χ2n) is 5.38. The van der Waals surface area contributed by atoms with Gasteiger partial charge in [-0.1, -0.05) is 6.92 Å². The molecule has 0 aromatic carbocycles. The van der Waals surface area contributed by atoms with Gasteiger partial charge in [-0.2, -0.15) is 0 Å². The van der Waals surface area contributed by atoms with E-state index in [1.54, 1.807) is 0 Å². The second kappa shape index (κ2) is 11.0. The molecule has 1 amide bonds. The molecule has 24 heavy (non-hydrogen) atoms. The van der Waals surface area contributed by atoms with E-state index in [2.05, 4.69) is 10.6 Å². The molecule has 0 saturated heterocycles. The molecule has 0 saturated carbocycles. The number of carbonyl (C=O) groups is 2. The molecule has 0 bridgehead atoms. The van der Waals surface area contributed by atoms with Crippen LogP contribution in [0.3, 0.4) is 0 Å². The van der Waals surface area contributed by atoms with E-state index in [0.29, 0.717) is 6.54 Å². The van der Waals surface area contributed by atoms with Gasteiger partial charge in [0.25, 0.3) is 0 Å². The zero-order valence-corrected chi connectivity index (χ0v) is 16.1. The van der Waals surface area contributed by atoms with Crippen LogP contribution in [-0.2, 0) is 14.3 Å². The first-order chi connectivity index (χ1) is 10.8. The maximum atomic E-state index is 11.2. The molecule has 0 aromatic rings. The molecule has 0 radical (unpaired) electrons. The van der Waals surface area contributed by atoms with Crippen LogP contribution >= 0.6 is 0 Å². The van der Waals surface area contributed by atoms with Crippen molar-refractivity contribution in [3.05, 3.63) is 11.8 Å². The number of rotatable bonds is 8. The molecule has 132 valence electrons. The Bertz CT molecular complexity index is 460. The maximum Gasteiger partial charge on any atom is 1.00 e. The topological polar surface area (TPSA) is 151 Å². The van der Waals surface area contributed by atoms with Crippen LogP contribution in [0.15, 0.2) is 11.8 Å². The third-order valence-electron chi connectivity index (χ3n) is 3.39. The van der Waals surface area contributed by atoms with Gasteiger partial charge in [-0.05, 0) is 19.0 Å². The fraction of sp³-hybridized carbons (Fsp3) is 0.714. The predicted molar refractivity (Wildman–Crippen MR) is 76.7 cm³/mol. The standard InChI is InChI=1S/C14H24N2O7.Na/c1-3-4-15-6-9(19)12(20)13-11(16-7(2)17)8(18)5-10(23-13)14(21)22;/h5,8-9,11-13,15,18-20H,3-4,6H2,1-2H3,(H,16,17)(H,21,22);/q;+1/p-1/t8-,9+,11+,12-,13+;/m0./s1. The number of nitrogens with one attached hydrogen (secondary N) is 2. The van der Waals surface area contributed by atoms with Gasteiger partial charge in [0.1, 0.15) is 17.8 Å². The van der Waals surface area contributed by atoms with Crippen molar-refractivity contribution in [3.8, 4) is 0 Å². The van der Waals surface area contributed by atoms with E-state index >= 15 is 0 Å². The quantitative estimate of drug-likeness (QED) is 0.213. The second-order valence-corrected chi connectivity index (χ2v) is 5.38. The Kier molecular flexibility index (Phi) is 10.7. The van der Waals surface area contributed by atoms with Crippen LogP contribution in [0.4, 0.5) is 0 Å². The van der Waals surface area contributed by atoms with Crippen LogP contribution in [0.5, 0.6) is 0 Å². The Morgan fingerprint density at radius 1 is 1.42 bits per heavy atom. The number of aliphatic hydroxyl groups is 3. The summed E-state index contributed by atoms with van der Waals surface area (Å²) in [5.74, 6) is -2.82. The normalized spacial score (nSPS) is 25.5. The van der Waals surface area contributed by atoms with E-state index in [0.717, 1.165) is 12.5 Å². The average Bonchev–Trinajstić information content (AvgIpc) is 2.47. The van der Waals surface area contributed by atoms with Crippen molar-refractivity contribution in [2.24, 2.45) is 0 Å². The van der Waals surface area contributed by atoms with Crippen LogP contribution in [0, 0.1) is 0 Å². The number of carboxylic acid groups (broad SMARTS) is 1. The minimum Gasteiger partial charge on any atom is -0.542 e. The summed E-state index contributed by atoms with van der Waals surface area (Å²) >= 11 is 0. The minimum absolute atomic E-state index is 0. The number of aliphatic hydroxyl groups excluding tert-OH is 3. The fourth-order valence-electron chi connectivity index (χ4n) is 2.28. The van der Waals surface area contributed by atoms with Gasteiger partial charge >= 0.3 is 29.6 Å². The zero-order chi connectivity index (χ0) is 17.6. The van der Waals surface area contributed by atoms with Gasteiger partial charge in [0.05, 0.1) is 18.2 Å². The third kappa shape index (κ3) is 6.67. The molecule has 0 aliphatic carbocycles. The van der Waals surface area contributed by atoms with Crippen molar-refractivity contribution in [2.75, 3.05) is 13.1 Å². The molecule has 1 heterocycles. The van der Waals surface area contributed by atoms with Crippen molar-refractivity contribution in [3.63, 3.8) is 0 Å². The first-order valence-electron chi connectivity index (χ1n) is 7.39. The van der Waals surface area contributed by atoms with Crippen LogP contribution in [0.25, 0.3) is 0 Å². The van der Waals surface area contributed by atoms with Gasteiger partial charge in [0.15, 0.2) is 6.10 Å². The smallest absolute Gasteiger partial charge is 0.542 e. The van der Waals surface area contributed by atoms with E-state index in [9.17, 15) is 30.0 Å². The SMILES string of the molecule is CCCNC[C@@H](O)[C@H](O)[C@@H]1OC(C(=O)[O-])=C[C@H](O)[C@H]1NC(C)=O.[Na+]. The molecule has 1 rings (SSSR count). The summed E-state index contributed by atoms with van der Waals surface area (Å²) in [5.41, 5.74) is 0. The Morgan fingerprint density at radius 3 is 2.54 bits per heavy atom. The molecule has 0 spiro atoms. The zero-order valence-electron chi connectivity index (χ0n) is 14.1. The Hall–Kier alpha value is -0.680. The molecule has 5 N–H and O–H groups in total. The largest absolute Gasteiger partial charge is 1.00 e. The van der Waals surface area contributed by atoms with Crippen molar-refractivity contribution >= 4 is 11.9 Å². The monoisotopic (exact) mass is 354 g/mol. The Labute approximate surface area is 162 Å². The summed E-state index contributed by atoms with van der Waals surface area (Å²) in [6.45, 7) is 3.80. The minimum atomic E-state index is -1.67. The number of amides is 1. The van der Waals surface area contributed by atoms with E-state index < -0.39 is 48.1 Å². The molecular formula is C14H23N2NaO7. The van der Waals surface area contributed by atoms with Crippen LogP contribution < -0.4 is 45.3 Å². The van der Waals surface area contributed by atoms with Crippen LogP contribution in [0.2, 0.25) is 0 Å². The molecule has 1 aliphatic heterocycles. The van der Waals surface area contributed by atoms with Crippen molar-refractivity contribution in [2.45, 2.75) is 50.7 Å². The number of carbonyl (C=O) groups excluding carboxylic acids is 2. The van der Waals surface area contributed by atoms with Gasteiger partial charge in [-0.3, -0.25) is 4.79 Å². The predicted octanol–water partition coefficient (Wildman–Crippen LogP) is -6.39. The summed E-state index contributed by atoms with van der Waals surface area (Å²) in [6.07, 6.45) is -3.86. The molecular weight excluding hydrogens is 331 g/mol. The van der Waals surface area contributed by atoms with Crippen molar-refractivity contribution in [1.82, 2.24) is 10.6 Å². The first-order valence-corrected chi connectivity index (χ1v) is 7.39. The number of carboxylic acids is 1. The maximum absolute atomic E-state index is 11.2. The van der Waals surface area contributed by atoms with Gasteiger partial charge in [-0.15, -0.1) is 0 Å². The molecule has 9 nitrogen and oxygen atoms in total. The molecule has 0 fully saturated rings. The van der Waals surface area contributed by atoms with Crippen molar-refractivity contribution < 1.29 is 64.3 Å². The Balaban J connectivity index is 0.00000529. The van der Waals surface area contributed by atoms with Crippen LogP contribution in [-0.4, -0.2) is 70.7 Å². The summed E-state index contributed by atoms with van der Waals surface area (Å²) < 4.78 is 5.11. The number of ether oxygens (including phenoxy) is 1. The molecule has 1 aliphatic rings. The number of hydrogen-bond donors (Lipinski definition) is 5. The van der Waals surface area contributed by atoms with Crippen molar-refractivity contribution in [1.29, 1.82) is 0 Å². The van der Waals surface area contributed by atoms with Gasteiger partial charge in [0, 0.05) is 13.5 Å². The van der Waals surface area contributed by atoms with Gasteiger partial charge in [-0.25, -0.2) is 0 Å². The average molecular weight is 354 g/mol. The van der Waals surface area contributed by atoms with Gasteiger partial charge in [0.2, 0.25) is 5.91 Å². The van der Waals surface area contributed by atoms with E-state index in [-0.39, 0.29) is 36.1 Å². The Morgan fingerprint density at radius 2 is 2.04 bits per heavy atom.